The maximum Gasteiger partial charge on any atom is 0.325 e. The Morgan fingerprint density at radius 3 is 2.75 bits per heavy atom. The lowest BCUT2D eigenvalue weighted by atomic mass is 9.99. The number of amides is 4. The lowest BCUT2D eigenvalue weighted by Gasteiger charge is -2.25. The molecule has 1 aromatic rings. The highest BCUT2D eigenvalue weighted by atomic mass is 16.2. The van der Waals surface area contributed by atoms with E-state index in [1.54, 1.807) is 11.8 Å². The summed E-state index contributed by atoms with van der Waals surface area (Å²) in [6.45, 7) is 3.80. The molecule has 2 aliphatic heterocycles. The minimum absolute atomic E-state index is 0.241. The number of benzene rings is 1. The summed E-state index contributed by atoms with van der Waals surface area (Å²) in [6, 6.07) is 7.12. The molecule has 1 atom stereocenters. The largest absolute Gasteiger partial charge is 0.325 e. The molecule has 0 radical (unpaired) electrons. The smallest absolute Gasteiger partial charge is 0.323 e. The Kier molecular flexibility index (Phi) is 4.13. The molecule has 0 saturated carbocycles. The summed E-state index contributed by atoms with van der Waals surface area (Å²) >= 11 is 0. The van der Waals surface area contributed by atoms with Gasteiger partial charge in [0.05, 0.1) is 5.69 Å². The van der Waals surface area contributed by atoms with E-state index in [9.17, 15) is 14.4 Å². The van der Waals surface area contributed by atoms with Crippen LogP contribution in [0.3, 0.4) is 0 Å². The maximum absolute atomic E-state index is 12.8. The van der Waals surface area contributed by atoms with Crippen LogP contribution in [-0.4, -0.2) is 41.4 Å². The average Bonchev–Trinajstić information content (AvgIpc) is 2.75. The number of carbonyl (C=O) groups is 3. The monoisotopic (exact) mass is 327 g/mol. The van der Waals surface area contributed by atoms with Gasteiger partial charge in [0.1, 0.15) is 12.1 Å². The van der Waals surface area contributed by atoms with Crippen LogP contribution in [0.15, 0.2) is 30.3 Å². The second-order valence-electron chi connectivity index (χ2n) is 6.30. The van der Waals surface area contributed by atoms with Crippen LogP contribution in [0.5, 0.6) is 0 Å². The highest BCUT2D eigenvalue weighted by molar-refractivity contribution is 6.10. The Balaban J connectivity index is 1.81. The second-order valence-corrected chi connectivity index (χ2v) is 6.30. The van der Waals surface area contributed by atoms with Crippen molar-refractivity contribution in [3.8, 4) is 0 Å². The van der Waals surface area contributed by atoms with Gasteiger partial charge in [-0.25, -0.2) is 4.79 Å². The number of carbonyl (C=O) groups excluding carboxylic acids is 3. The molecular weight excluding hydrogens is 306 g/mol. The third kappa shape index (κ3) is 2.68. The molecule has 3 rings (SSSR count). The van der Waals surface area contributed by atoms with Crippen molar-refractivity contribution in [1.29, 1.82) is 0 Å². The lowest BCUT2D eigenvalue weighted by molar-refractivity contribution is -0.134. The predicted molar refractivity (Wildman–Crippen MR) is 91.4 cm³/mol. The van der Waals surface area contributed by atoms with Gasteiger partial charge in [-0.1, -0.05) is 37.3 Å². The molecular formula is C18H21N3O3. The van der Waals surface area contributed by atoms with Crippen LogP contribution in [0.1, 0.15) is 32.3 Å². The number of anilines is 1. The van der Waals surface area contributed by atoms with Gasteiger partial charge >= 0.3 is 6.03 Å². The summed E-state index contributed by atoms with van der Waals surface area (Å²) in [5.74, 6) is -0.598. The first kappa shape index (κ1) is 16.2. The fraction of sp³-hybridized carbons (Fsp3) is 0.389. The SMILES string of the molecule is CC[C@@]1(C)NC(=O)N(CC(=O)N2CCC=Cc3ccccc32)C1=O. The van der Waals surface area contributed by atoms with Gasteiger partial charge in [-0.15, -0.1) is 0 Å². The van der Waals surface area contributed by atoms with Crippen LogP contribution in [0.2, 0.25) is 0 Å². The number of fused-ring (bicyclic) bond motifs is 1. The van der Waals surface area contributed by atoms with Crippen molar-refractivity contribution in [1.82, 2.24) is 10.2 Å². The number of hydrogen-bond acceptors (Lipinski definition) is 3. The summed E-state index contributed by atoms with van der Waals surface area (Å²) in [5.41, 5.74) is 0.843. The molecule has 0 aromatic heterocycles. The van der Waals surface area contributed by atoms with Crippen molar-refractivity contribution in [2.24, 2.45) is 0 Å². The molecule has 1 fully saturated rings. The third-order valence-electron chi connectivity index (χ3n) is 4.69. The van der Waals surface area contributed by atoms with Gasteiger partial charge in [0, 0.05) is 6.54 Å². The first-order chi connectivity index (χ1) is 11.5. The number of nitrogens with zero attached hydrogens (tertiary/aromatic N) is 2. The Morgan fingerprint density at radius 2 is 2.04 bits per heavy atom. The highest BCUT2D eigenvalue weighted by Crippen LogP contribution is 2.26. The first-order valence-corrected chi connectivity index (χ1v) is 8.16. The van der Waals surface area contributed by atoms with E-state index in [-0.39, 0.29) is 18.4 Å². The first-order valence-electron chi connectivity index (χ1n) is 8.16. The molecule has 4 amide bonds. The normalized spacial score (nSPS) is 23.1. The van der Waals surface area contributed by atoms with Gasteiger partial charge in [-0.3, -0.25) is 14.5 Å². The molecule has 24 heavy (non-hydrogen) atoms. The molecule has 1 saturated heterocycles. The molecule has 6 nitrogen and oxygen atoms in total. The summed E-state index contributed by atoms with van der Waals surface area (Å²) in [7, 11) is 0. The number of rotatable bonds is 3. The van der Waals surface area contributed by atoms with E-state index in [1.165, 1.54) is 0 Å². The standard InChI is InChI=1S/C18H21N3O3/c1-3-18(2)16(23)21(17(24)19-18)12-15(22)20-11-7-6-9-13-8-4-5-10-14(13)20/h4-6,8-10H,3,7,11-12H2,1-2H3,(H,19,24)/t18-/m1/s1. The van der Waals surface area contributed by atoms with Crippen molar-refractivity contribution >= 4 is 29.6 Å². The van der Waals surface area contributed by atoms with Crippen LogP contribution < -0.4 is 10.2 Å². The van der Waals surface area contributed by atoms with Gasteiger partial charge in [0.25, 0.3) is 5.91 Å². The number of hydrogen-bond donors (Lipinski definition) is 1. The predicted octanol–water partition coefficient (Wildman–Crippen LogP) is 2.16. The number of para-hydroxylation sites is 1. The molecule has 2 heterocycles. The average molecular weight is 327 g/mol. The molecule has 6 heteroatoms. The molecule has 2 aliphatic rings. The van der Waals surface area contributed by atoms with E-state index in [4.69, 9.17) is 0 Å². The van der Waals surface area contributed by atoms with Crippen LogP contribution in [0.25, 0.3) is 6.08 Å². The lowest BCUT2D eigenvalue weighted by Crippen LogP contribution is -2.45. The second kappa shape index (κ2) is 6.11. The van der Waals surface area contributed by atoms with E-state index in [2.05, 4.69) is 5.32 Å². The van der Waals surface area contributed by atoms with E-state index in [1.807, 2.05) is 43.3 Å². The van der Waals surface area contributed by atoms with Crippen LogP contribution in [0.4, 0.5) is 10.5 Å². The molecule has 0 unspecified atom stereocenters. The van der Waals surface area contributed by atoms with E-state index >= 15 is 0 Å². The van der Waals surface area contributed by atoms with Gasteiger partial charge < -0.3 is 10.2 Å². The van der Waals surface area contributed by atoms with Crippen LogP contribution in [-0.2, 0) is 9.59 Å². The zero-order chi connectivity index (χ0) is 17.3. The Bertz CT molecular complexity index is 728. The van der Waals surface area contributed by atoms with Gasteiger partial charge in [0.15, 0.2) is 0 Å². The zero-order valence-electron chi connectivity index (χ0n) is 13.9. The summed E-state index contributed by atoms with van der Waals surface area (Å²) in [4.78, 5) is 40.0. The minimum atomic E-state index is -0.921. The van der Waals surface area contributed by atoms with Crippen molar-refractivity contribution in [3.05, 3.63) is 35.9 Å². The molecule has 0 aliphatic carbocycles. The topological polar surface area (TPSA) is 69.7 Å². The van der Waals surface area contributed by atoms with Crippen molar-refractivity contribution in [2.45, 2.75) is 32.2 Å². The third-order valence-corrected chi connectivity index (χ3v) is 4.69. The molecule has 126 valence electrons. The fourth-order valence-electron chi connectivity index (χ4n) is 3.02. The van der Waals surface area contributed by atoms with Crippen molar-refractivity contribution in [2.75, 3.05) is 18.0 Å². The zero-order valence-corrected chi connectivity index (χ0v) is 13.9. The highest BCUT2D eigenvalue weighted by Gasteiger charge is 2.47. The summed E-state index contributed by atoms with van der Waals surface area (Å²) in [5, 5.41) is 2.67. The molecule has 0 bridgehead atoms. The van der Waals surface area contributed by atoms with Crippen LogP contribution >= 0.6 is 0 Å². The number of urea groups is 1. The van der Waals surface area contributed by atoms with Crippen molar-refractivity contribution < 1.29 is 14.4 Å². The summed E-state index contributed by atoms with van der Waals surface area (Å²) < 4.78 is 0. The molecule has 1 N–H and O–H groups in total. The molecule has 0 spiro atoms. The Labute approximate surface area is 141 Å². The molecule has 1 aromatic carbocycles. The van der Waals surface area contributed by atoms with E-state index in [0.717, 1.165) is 22.6 Å². The van der Waals surface area contributed by atoms with Gasteiger partial charge in [-0.2, -0.15) is 0 Å². The number of imide groups is 1. The maximum atomic E-state index is 12.8. The Hall–Kier alpha value is -2.63. The quantitative estimate of drug-likeness (QED) is 0.865. The van der Waals surface area contributed by atoms with Crippen molar-refractivity contribution in [3.63, 3.8) is 0 Å². The fourth-order valence-corrected chi connectivity index (χ4v) is 3.02. The van der Waals surface area contributed by atoms with Gasteiger partial charge in [0.2, 0.25) is 5.91 Å². The number of nitrogens with one attached hydrogen (secondary N) is 1. The van der Waals surface area contributed by atoms with E-state index in [0.29, 0.717) is 13.0 Å². The minimum Gasteiger partial charge on any atom is -0.323 e. The van der Waals surface area contributed by atoms with Crippen LogP contribution in [0, 0.1) is 0 Å². The van der Waals surface area contributed by atoms with E-state index < -0.39 is 11.6 Å². The summed E-state index contributed by atoms with van der Waals surface area (Å²) in [6.07, 6.45) is 5.23. The Morgan fingerprint density at radius 1 is 1.29 bits per heavy atom. The van der Waals surface area contributed by atoms with Gasteiger partial charge in [-0.05, 0) is 31.4 Å².